The Hall–Kier alpha value is -17.7. The van der Waals surface area contributed by atoms with Crippen LogP contribution in [0.4, 0.5) is 0 Å². The lowest BCUT2D eigenvalue weighted by Crippen LogP contribution is -1.91. The van der Waals surface area contributed by atoms with Gasteiger partial charge in [-0.2, -0.15) is 0 Å². The van der Waals surface area contributed by atoms with Gasteiger partial charge >= 0.3 is 0 Å². The minimum absolute atomic E-state index is 1.24. The molecule has 0 N–H and O–H groups in total. The molecule has 0 fully saturated rings. The fraction of sp³-hybridized carbons (Fsp3) is 0. The van der Waals surface area contributed by atoms with Gasteiger partial charge in [-0.05, 0) is 347 Å². The van der Waals surface area contributed by atoms with Crippen molar-refractivity contribution in [3.05, 3.63) is 497 Å². The number of fused-ring (bicyclic) bond motifs is 42. The molecule has 0 aliphatic rings. The van der Waals surface area contributed by atoms with Crippen LogP contribution in [0.2, 0.25) is 0 Å². The molecular weight excluding hydrogens is 1630 g/mol. The van der Waals surface area contributed by atoms with Gasteiger partial charge in [-0.25, -0.2) is 0 Å². The summed E-state index contributed by atoms with van der Waals surface area (Å²) in [5.74, 6) is 0. The van der Waals surface area contributed by atoms with Crippen LogP contribution in [0, 0.1) is 0 Å². The fourth-order valence-electron chi connectivity index (χ4n) is 23.6. The minimum atomic E-state index is 1.24. The van der Waals surface area contributed by atoms with Gasteiger partial charge < -0.3 is 0 Å². The van der Waals surface area contributed by atoms with E-state index in [1.54, 1.807) is 0 Å². The molecule has 0 radical (unpaired) electrons. The Morgan fingerprint density at radius 3 is 0.618 bits per heavy atom. The van der Waals surface area contributed by atoms with E-state index in [2.05, 4.69) is 497 Å². The summed E-state index contributed by atoms with van der Waals surface area (Å²) in [6, 6.07) is 184. The fourth-order valence-corrected chi connectivity index (χ4v) is 23.6. The zero-order valence-corrected chi connectivity index (χ0v) is 74.3. The van der Waals surface area contributed by atoms with Crippen LogP contribution >= 0.6 is 0 Å². The maximum Gasteiger partial charge on any atom is -0.00137 e. The van der Waals surface area contributed by atoms with Crippen LogP contribution in [0.3, 0.4) is 0 Å². The molecule has 0 nitrogen and oxygen atoms in total. The maximum absolute atomic E-state index is 2.44. The van der Waals surface area contributed by atoms with Crippen LogP contribution in [0.5, 0.6) is 0 Å². The molecule has 0 bridgehead atoms. The molecule has 0 aromatic heterocycles. The van der Waals surface area contributed by atoms with Gasteiger partial charge in [0.05, 0.1) is 0 Å². The Bertz CT molecular complexity index is 9970. The molecule has 626 valence electrons. The van der Waals surface area contributed by atoms with Gasteiger partial charge in [0.25, 0.3) is 0 Å². The van der Waals surface area contributed by atoms with Crippen molar-refractivity contribution in [3.8, 4) is 55.6 Å². The molecule has 0 saturated heterocycles. The van der Waals surface area contributed by atoms with E-state index in [4.69, 9.17) is 0 Å². The van der Waals surface area contributed by atoms with Crippen molar-refractivity contribution in [1.29, 1.82) is 0 Å². The van der Waals surface area contributed by atoms with Gasteiger partial charge in [-0.15, -0.1) is 0 Å². The van der Waals surface area contributed by atoms with Crippen LogP contribution in [-0.2, 0) is 0 Å². The average molecular weight is 1720 g/mol. The Kier molecular flexibility index (Phi) is 17.6. The third-order valence-electron chi connectivity index (χ3n) is 29.7. The van der Waals surface area contributed by atoms with Gasteiger partial charge in [-0.1, -0.05) is 443 Å². The molecule has 0 heterocycles. The molecule has 0 amide bonds. The van der Waals surface area contributed by atoms with E-state index in [1.165, 1.54) is 293 Å². The normalized spacial score (nSPS) is 12.0. The number of rotatable bonds is 5. The number of hydrogen-bond donors (Lipinski definition) is 0. The molecule has 136 heavy (non-hydrogen) atoms. The Labute approximate surface area is 784 Å². The second kappa shape index (κ2) is 31.0. The van der Waals surface area contributed by atoms with Gasteiger partial charge in [0.15, 0.2) is 0 Å². The van der Waals surface area contributed by atoms with Gasteiger partial charge in [0.2, 0.25) is 0 Å². The van der Waals surface area contributed by atoms with Crippen LogP contribution in [0.15, 0.2) is 497 Å². The van der Waals surface area contributed by atoms with E-state index in [-0.39, 0.29) is 0 Å². The monoisotopic (exact) mass is 1710 g/mol. The molecule has 0 aliphatic heterocycles. The van der Waals surface area contributed by atoms with E-state index in [0.29, 0.717) is 0 Å². The molecule has 0 heteroatoms. The SMILES string of the molecule is c1ccc2c(-c3ccc4c(c3)c3ccccc3c3c5ccccc5c5ccccc5c43)cccc2c1.c1ccc2c(c1)cc(-c1ccc3c(c1)c1ccccc1c1c4ccc(-c5cc6ccccc6c6ccccc56)cc4c4ccccc4c31)c1ccccc12.c1ccc2cc(-c3ccc4c5ccccc5c5c6cc(-c7ccc8ccccc8c7)ccc6c6ccccc6c5c4c3)ccc2c1. The molecule has 0 aliphatic carbocycles. The quantitative estimate of drug-likeness (QED) is 0.151. The summed E-state index contributed by atoms with van der Waals surface area (Å²) in [5.41, 5.74) is 12.5. The van der Waals surface area contributed by atoms with E-state index in [9.17, 15) is 0 Å². The lowest BCUT2D eigenvalue weighted by atomic mass is 9.85. The zero-order valence-electron chi connectivity index (χ0n) is 74.3. The smallest absolute Gasteiger partial charge is 0.00137 e. The molecule has 0 saturated carbocycles. The van der Waals surface area contributed by atoms with Crippen LogP contribution in [0.25, 0.3) is 293 Å². The highest BCUT2D eigenvalue weighted by Crippen LogP contribution is 2.52. The summed E-state index contributed by atoms with van der Waals surface area (Å²) in [7, 11) is 0. The number of benzene rings is 30. The Balaban J connectivity index is 0.000000103. The topological polar surface area (TPSA) is 0 Å². The summed E-state index contributed by atoms with van der Waals surface area (Å²) in [6.45, 7) is 0. The summed E-state index contributed by atoms with van der Waals surface area (Å²) in [4.78, 5) is 0. The standard InChI is InChI=1S/C54H32.C46H28.C36H22/c1-3-15-37-33(13-1)29-49(41-19-7-5-17-39(37)41)35-25-27-47-51(31-35)43-21-9-11-23-45(43)54-48-28-26-36(32-52(48)44-22-10-12-24-46(44)53(47)54)50-30-34-14-2-4-16-38(34)40-18-6-8-20-42(40)50;1-3-11-31-25-33(19-17-29(31)9-1)35-21-23-39-37-13-5-8-16-42(37)46-44-28-36(34-20-18-30-10-2-4-12-32(30)26-34)22-24-40(44)38-14-6-7-15-41(38)45(46)43(39)27-35;1-2-12-25-23(10-1)11-9-19-26(25)24-20-21-33-34(22-24)29-15-5-8-18-32(29)35-30-16-6-3-13-27(30)28-14-4-7-17-31(28)36(33)35/h1-32H;1-28H;1-22H. The van der Waals surface area contributed by atoms with Gasteiger partial charge in [0, 0.05) is 0 Å². The minimum Gasteiger partial charge on any atom is -0.0616 e. The molecule has 0 spiro atoms. The van der Waals surface area contributed by atoms with E-state index in [0.717, 1.165) is 0 Å². The highest BCUT2D eigenvalue weighted by molar-refractivity contribution is 6.43. The highest BCUT2D eigenvalue weighted by atomic mass is 14.3. The van der Waals surface area contributed by atoms with E-state index < -0.39 is 0 Å². The predicted octanol–water partition coefficient (Wildman–Crippen LogP) is 38.8. The van der Waals surface area contributed by atoms with Crippen molar-refractivity contribution in [2.24, 2.45) is 0 Å². The largest absolute Gasteiger partial charge is 0.0616 e. The highest BCUT2D eigenvalue weighted by Gasteiger charge is 2.24. The lowest BCUT2D eigenvalue weighted by Gasteiger charge is -2.18. The predicted molar refractivity (Wildman–Crippen MR) is 592 cm³/mol. The van der Waals surface area contributed by atoms with Crippen molar-refractivity contribution in [2.75, 3.05) is 0 Å². The summed E-state index contributed by atoms with van der Waals surface area (Å²) in [5, 5.41) is 57.1. The van der Waals surface area contributed by atoms with E-state index in [1.807, 2.05) is 0 Å². The van der Waals surface area contributed by atoms with Crippen LogP contribution < -0.4 is 0 Å². The first-order valence-electron chi connectivity index (χ1n) is 47.4. The maximum atomic E-state index is 2.44. The molecule has 30 aromatic carbocycles. The third kappa shape index (κ3) is 12.1. The third-order valence-corrected chi connectivity index (χ3v) is 29.7. The first kappa shape index (κ1) is 77.1. The average Bonchev–Trinajstić information content (AvgIpc) is 0.709. The van der Waals surface area contributed by atoms with Crippen molar-refractivity contribution in [1.82, 2.24) is 0 Å². The Morgan fingerprint density at radius 1 is 0.0735 bits per heavy atom. The van der Waals surface area contributed by atoms with Crippen molar-refractivity contribution in [2.45, 2.75) is 0 Å². The first-order chi connectivity index (χ1) is 67.5. The van der Waals surface area contributed by atoms with E-state index >= 15 is 0 Å². The molecule has 30 rings (SSSR count). The molecule has 30 aromatic rings. The van der Waals surface area contributed by atoms with Crippen molar-refractivity contribution >= 4 is 237 Å². The second-order valence-corrected chi connectivity index (χ2v) is 36.9. The molecule has 0 unspecified atom stereocenters. The lowest BCUT2D eigenvalue weighted by molar-refractivity contribution is 1.68. The summed E-state index contributed by atoms with van der Waals surface area (Å²) < 4.78 is 0. The molecular formula is C136H82. The van der Waals surface area contributed by atoms with Crippen LogP contribution in [0.1, 0.15) is 0 Å². The van der Waals surface area contributed by atoms with Crippen LogP contribution in [-0.4, -0.2) is 0 Å². The zero-order chi connectivity index (χ0) is 89.2. The van der Waals surface area contributed by atoms with Gasteiger partial charge in [0.1, 0.15) is 0 Å². The summed E-state index contributed by atoms with van der Waals surface area (Å²) >= 11 is 0. The van der Waals surface area contributed by atoms with Crippen molar-refractivity contribution in [3.63, 3.8) is 0 Å². The van der Waals surface area contributed by atoms with Crippen molar-refractivity contribution < 1.29 is 0 Å². The number of hydrogen-bond acceptors (Lipinski definition) is 0. The first-order valence-corrected chi connectivity index (χ1v) is 47.4. The summed E-state index contributed by atoms with van der Waals surface area (Å²) in [6.07, 6.45) is 0. The Morgan fingerprint density at radius 2 is 0.272 bits per heavy atom. The van der Waals surface area contributed by atoms with Gasteiger partial charge in [-0.3, -0.25) is 0 Å². The second-order valence-electron chi connectivity index (χ2n) is 36.9. The molecule has 0 atom stereocenters.